The van der Waals surface area contributed by atoms with Crippen molar-refractivity contribution in [3.05, 3.63) is 47.6 Å². The molecule has 0 aromatic carbocycles. The van der Waals surface area contributed by atoms with Gasteiger partial charge in [0.15, 0.2) is 5.78 Å². The zero-order valence-corrected chi connectivity index (χ0v) is 42.4. The molecule has 3 N–H and O–H groups in total. The summed E-state index contributed by atoms with van der Waals surface area (Å²) in [5.41, 5.74) is 1.26. The Morgan fingerprint density at radius 1 is 0.853 bits per heavy atom. The van der Waals surface area contributed by atoms with E-state index in [0.29, 0.717) is 63.4 Å². The molecule has 1 saturated carbocycles. The number of hydrogen-bond donors (Lipinski definition) is 3. The average molecular weight is 958 g/mol. The van der Waals surface area contributed by atoms with Gasteiger partial charge in [-0.2, -0.15) is 0 Å². The van der Waals surface area contributed by atoms with Gasteiger partial charge in [0, 0.05) is 58.5 Å². The van der Waals surface area contributed by atoms with Crippen molar-refractivity contribution in [2.75, 3.05) is 41.1 Å². The first-order valence-electron chi connectivity index (χ1n) is 25.0. The van der Waals surface area contributed by atoms with Crippen molar-refractivity contribution in [2.45, 2.75) is 180 Å². The lowest BCUT2D eigenvalue weighted by Crippen LogP contribution is -2.61. The van der Waals surface area contributed by atoms with Crippen LogP contribution in [-0.2, 0) is 52.4 Å². The lowest BCUT2D eigenvalue weighted by Gasteiger charge is -2.42. The van der Waals surface area contributed by atoms with E-state index in [1.165, 1.54) is 12.0 Å². The third-order valence-electron chi connectivity index (χ3n) is 14.9. The fraction of sp³-hybridized carbons (Fsp3) is 0.755. The number of aliphatic hydroxyl groups is 3. The molecule has 3 fully saturated rings. The number of methoxy groups -OCH3 is 3. The maximum atomic E-state index is 14.5. The quantitative estimate of drug-likeness (QED) is 0.134. The smallest absolute Gasteiger partial charge is 0.329 e. The first-order chi connectivity index (χ1) is 32.3. The summed E-state index contributed by atoms with van der Waals surface area (Å²) in [6.45, 7) is 12.9. The van der Waals surface area contributed by atoms with Crippen molar-refractivity contribution in [3.8, 4) is 0 Å². The van der Waals surface area contributed by atoms with Gasteiger partial charge in [-0.3, -0.25) is 19.2 Å². The van der Waals surface area contributed by atoms with Crippen LogP contribution in [0.2, 0.25) is 0 Å². The Labute approximate surface area is 405 Å². The molecule has 4 aliphatic rings. The predicted octanol–water partition coefficient (Wildman–Crippen LogP) is 6.20. The molecule has 0 spiro atoms. The minimum atomic E-state index is -2.43. The molecule has 1 amide bonds. The predicted molar refractivity (Wildman–Crippen MR) is 256 cm³/mol. The normalized spacial score (nSPS) is 39.2. The third kappa shape index (κ3) is 15.3. The SMILES string of the molecule is COC1C[C@@H]2CC[C@@H](C)[C@@](O)(O2)C(=O)C(=O)N2CCCC[C@H]2C(=O)O[C@H]([C@H](C)C[C@@H]2CC[C@@H](OCCO)[C@H](OC)C2)CC(=O)[C@H](C)/C=C(\C)[C@@H](O)[C@@H](OC)C(=O)[C@H](C)C[C@H](C)/C=C/C=C/C=C/1C. The summed E-state index contributed by atoms with van der Waals surface area (Å²) in [6, 6.07) is -1.14. The highest BCUT2D eigenvalue weighted by Gasteiger charge is 2.53. The summed E-state index contributed by atoms with van der Waals surface area (Å²) in [6.07, 6.45) is 12.0. The Morgan fingerprint density at radius 3 is 2.26 bits per heavy atom. The van der Waals surface area contributed by atoms with Gasteiger partial charge in [0.05, 0.1) is 37.6 Å². The number of cyclic esters (lactones) is 1. The van der Waals surface area contributed by atoms with Gasteiger partial charge in [-0.25, -0.2) is 4.79 Å². The fourth-order valence-corrected chi connectivity index (χ4v) is 10.5. The van der Waals surface area contributed by atoms with Crippen LogP contribution in [0.15, 0.2) is 47.6 Å². The van der Waals surface area contributed by atoms with Gasteiger partial charge in [0.25, 0.3) is 11.7 Å². The van der Waals surface area contributed by atoms with E-state index in [1.807, 2.05) is 58.1 Å². The largest absolute Gasteiger partial charge is 0.460 e. The fourth-order valence-electron chi connectivity index (χ4n) is 10.5. The van der Waals surface area contributed by atoms with E-state index in [4.69, 9.17) is 28.4 Å². The third-order valence-corrected chi connectivity index (χ3v) is 14.9. The summed E-state index contributed by atoms with van der Waals surface area (Å²) in [5.74, 6) is -7.96. The van der Waals surface area contributed by atoms with Gasteiger partial charge in [-0.15, -0.1) is 0 Å². The molecule has 4 rings (SSSR count). The number of rotatable bonds is 9. The molecule has 15 heteroatoms. The van der Waals surface area contributed by atoms with Gasteiger partial charge < -0.3 is 48.6 Å². The second kappa shape index (κ2) is 27.3. The van der Waals surface area contributed by atoms with Crippen molar-refractivity contribution in [2.24, 2.45) is 35.5 Å². The number of carbonyl (C=O) groups is 5. The first-order valence-corrected chi connectivity index (χ1v) is 25.0. The molecule has 68 heavy (non-hydrogen) atoms. The highest BCUT2D eigenvalue weighted by atomic mass is 16.6. The van der Waals surface area contributed by atoms with Crippen LogP contribution in [0.5, 0.6) is 0 Å². The molecule has 0 radical (unpaired) electrons. The minimum Gasteiger partial charge on any atom is -0.460 e. The van der Waals surface area contributed by atoms with Crippen LogP contribution >= 0.6 is 0 Å². The highest BCUT2D eigenvalue weighted by molar-refractivity contribution is 6.39. The number of nitrogens with zero attached hydrogens (tertiary/aromatic N) is 1. The van der Waals surface area contributed by atoms with E-state index in [9.17, 15) is 39.3 Å². The number of piperidine rings is 1. The zero-order valence-electron chi connectivity index (χ0n) is 42.4. The van der Waals surface area contributed by atoms with Gasteiger partial charge in [0.1, 0.15) is 30.1 Å². The Balaban J connectivity index is 1.70. The highest BCUT2D eigenvalue weighted by Crippen LogP contribution is 2.38. The minimum absolute atomic E-state index is 0.0158. The monoisotopic (exact) mass is 958 g/mol. The summed E-state index contributed by atoms with van der Waals surface area (Å²) in [7, 11) is 4.58. The van der Waals surface area contributed by atoms with Gasteiger partial charge in [0.2, 0.25) is 5.79 Å². The standard InChI is InChI=1S/C53H83NO14/c1-32-16-12-11-13-17-33(2)44(63-8)30-40-21-19-38(7)53(62,68-40)50(59)51(60)54-23-15-14-18-41(54)52(61)67-45(35(4)28-39-20-22-43(66-25-24-55)46(29-39)64-9)31-42(56)34(3)27-37(6)48(58)49(65-10)47(57)36(5)26-32/h11-13,16-17,27,32,34-36,38-41,43-46,48-49,55,58,62H,14-15,18-26,28-31H2,1-10H3/b13-11+,16-12+,33-17+,37-27+/t32-,34-,35-,36-,38-,39+,40+,41+,43-,44?,45+,46-,48-,49+,53-/m1/s1. The van der Waals surface area contributed by atoms with E-state index in [-0.39, 0.29) is 74.1 Å². The van der Waals surface area contributed by atoms with Gasteiger partial charge >= 0.3 is 5.97 Å². The van der Waals surface area contributed by atoms with Crippen molar-refractivity contribution < 1.29 is 67.7 Å². The van der Waals surface area contributed by atoms with Crippen molar-refractivity contribution in [3.63, 3.8) is 0 Å². The average Bonchev–Trinajstić information content (AvgIpc) is 3.32. The van der Waals surface area contributed by atoms with Gasteiger partial charge in [-0.05, 0) is 107 Å². The van der Waals surface area contributed by atoms with Crippen LogP contribution in [0.3, 0.4) is 0 Å². The van der Waals surface area contributed by atoms with Crippen LogP contribution < -0.4 is 0 Å². The lowest BCUT2D eigenvalue weighted by molar-refractivity contribution is -0.265. The molecule has 2 saturated heterocycles. The maximum Gasteiger partial charge on any atom is 0.329 e. The number of aliphatic hydroxyl groups excluding tert-OH is 2. The first kappa shape index (κ1) is 57.2. The molecular weight excluding hydrogens is 875 g/mol. The Hall–Kier alpha value is -3.41. The second-order valence-corrected chi connectivity index (χ2v) is 20.2. The van der Waals surface area contributed by atoms with Crippen LogP contribution in [0.1, 0.15) is 126 Å². The maximum absolute atomic E-state index is 14.5. The number of hydrogen-bond acceptors (Lipinski definition) is 14. The van der Waals surface area contributed by atoms with E-state index in [1.54, 1.807) is 41.1 Å². The number of ketones is 3. The molecule has 2 bridgehead atoms. The van der Waals surface area contributed by atoms with E-state index in [2.05, 4.69) is 0 Å². The zero-order chi connectivity index (χ0) is 50.3. The Morgan fingerprint density at radius 2 is 1.59 bits per heavy atom. The Bertz CT molecular complexity index is 1810. The molecule has 1 aliphatic carbocycles. The topological polar surface area (TPSA) is 205 Å². The van der Waals surface area contributed by atoms with Crippen LogP contribution in [-0.4, -0.2) is 145 Å². The molecule has 15 nitrogen and oxygen atoms in total. The number of ether oxygens (including phenoxy) is 6. The number of fused-ring (bicyclic) bond motifs is 3. The van der Waals surface area contributed by atoms with Gasteiger partial charge in [-0.1, -0.05) is 71.1 Å². The molecule has 384 valence electrons. The molecule has 0 aromatic heterocycles. The molecule has 0 aromatic rings. The molecule has 3 aliphatic heterocycles. The van der Waals surface area contributed by atoms with Crippen molar-refractivity contribution >= 4 is 29.2 Å². The van der Waals surface area contributed by atoms with Crippen molar-refractivity contribution in [1.29, 1.82) is 0 Å². The van der Waals surface area contributed by atoms with Crippen LogP contribution in [0.4, 0.5) is 0 Å². The summed E-state index contributed by atoms with van der Waals surface area (Å²) >= 11 is 0. The van der Waals surface area contributed by atoms with Crippen LogP contribution in [0, 0.1) is 35.5 Å². The molecule has 1 unspecified atom stereocenters. The summed E-state index contributed by atoms with van der Waals surface area (Å²) in [5, 5.41) is 32.8. The second-order valence-electron chi connectivity index (χ2n) is 20.2. The number of carbonyl (C=O) groups excluding carboxylic acids is 5. The van der Waals surface area contributed by atoms with E-state index >= 15 is 0 Å². The number of allylic oxidation sites excluding steroid dienone is 6. The summed E-state index contributed by atoms with van der Waals surface area (Å²) in [4.78, 5) is 72.1. The number of Topliss-reactive ketones (excluding diaryl/α,β-unsaturated/α-hetero) is 3. The lowest BCUT2D eigenvalue weighted by atomic mass is 9.78. The number of esters is 1. The molecule has 15 atom stereocenters. The van der Waals surface area contributed by atoms with Crippen LogP contribution in [0.25, 0.3) is 0 Å². The number of amides is 1. The molecular formula is C53H83NO14. The van der Waals surface area contributed by atoms with E-state index in [0.717, 1.165) is 12.0 Å². The molecule has 3 heterocycles. The Kier molecular flexibility index (Phi) is 22.9. The van der Waals surface area contributed by atoms with E-state index < -0.39 is 77.8 Å². The summed E-state index contributed by atoms with van der Waals surface area (Å²) < 4.78 is 35.6. The van der Waals surface area contributed by atoms with Crippen molar-refractivity contribution in [1.82, 2.24) is 4.90 Å².